The van der Waals surface area contributed by atoms with Crippen LogP contribution in [0.3, 0.4) is 0 Å². The van der Waals surface area contributed by atoms with Gasteiger partial charge in [0.05, 0.1) is 42.9 Å². The molecule has 0 aliphatic carbocycles. The number of carbonyl (C=O) groups is 3. The predicted octanol–water partition coefficient (Wildman–Crippen LogP) is 0.976. The largest absolute Gasteiger partial charge is 0.416 e. The van der Waals surface area contributed by atoms with E-state index in [0.717, 1.165) is 23.0 Å². The number of aromatic nitrogens is 1. The number of nitrogens with one attached hydrogen (secondary N) is 2. The number of fused-ring (bicyclic) bond motifs is 1. The number of hydrazine groups is 1. The van der Waals surface area contributed by atoms with Crippen LogP contribution < -0.4 is 27.9 Å². The smallest absolute Gasteiger partial charge is 0.345 e. The Hall–Kier alpha value is -3.91. The molecule has 10 nitrogen and oxygen atoms in total. The minimum absolute atomic E-state index is 0.0585. The second-order valence-corrected chi connectivity index (χ2v) is 8.89. The highest BCUT2D eigenvalue weighted by molar-refractivity contribution is 5.94. The van der Waals surface area contributed by atoms with Gasteiger partial charge in [0, 0.05) is 18.0 Å². The van der Waals surface area contributed by atoms with E-state index in [-0.39, 0.29) is 26.2 Å². The molecule has 0 saturated carbocycles. The van der Waals surface area contributed by atoms with Gasteiger partial charge >= 0.3 is 6.18 Å². The maximum Gasteiger partial charge on any atom is 0.416 e. The number of pyridine rings is 1. The van der Waals surface area contributed by atoms with Crippen LogP contribution in [0.15, 0.2) is 60.8 Å². The Bertz CT molecular complexity index is 1300. The van der Waals surface area contributed by atoms with E-state index in [0.29, 0.717) is 11.1 Å². The minimum Gasteiger partial charge on any atom is -0.345 e. The third-order valence-electron chi connectivity index (χ3n) is 5.92. The predicted molar refractivity (Wildman–Crippen MR) is 138 cm³/mol. The summed E-state index contributed by atoms with van der Waals surface area (Å²) in [5, 5.41) is 4.59. The first kappa shape index (κ1) is 29.6. The summed E-state index contributed by atoms with van der Waals surface area (Å²) in [6.45, 7) is -0.117. The lowest BCUT2D eigenvalue weighted by molar-refractivity contribution is -0.137. The SMILES string of the molecule is NCN(CN)NC(=O)C[C@H](N)C(=O)N[C@@H](Cc1ccc(C(F)(F)F)cc1)C(=O)Cc1cnc2ccccc2c1. The summed E-state index contributed by atoms with van der Waals surface area (Å²) < 4.78 is 38.9. The average molecular weight is 546 g/mol. The van der Waals surface area contributed by atoms with Crippen LogP contribution in [-0.4, -0.2) is 53.0 Å². The zero-order valence-corrected chi connectivity index (χ0v) is 20.9. The molecular formula is C26H30F3N7O3. The zero-order valence-electron chi connectivity index (χ0n) is 20.9. The van der Waals surface area contributed by atoms with Crippen LogP contribution in [0.4, 0.5) is 13.2 Å². The van der Waals surface area contributed by atoms with Crippen molar-refractivity contribution in [1.82, 2.24) is 20.7 Å². The van der Waals surface area contributed by atoms with Crippen LogP contribution in [0.1, 0.15) is 23.1 Å². The van der Waals surface area contributed by atoms with Crippen molar-refractivity contribution in [1.29, 1.82) is 0 Å². The number of halogens is 3. The topological polar surface area (TPSA) is 169 Å². The van der Waals surface area contributed by atoms with E-state index in [9.17, 15) is 27.6 Å². The van der Waals surface area contributed by atoms with E-state index in [1.807, 2.05) is 24.3 Å². The van der Waals surface area contributed by atoms with Crippen molar-refractivity contribution < 1.29 is 27.6 Å². The molecule has 0 radical (unpaired) electrons. The number of benzene rings is 2. The fraction of sp³-hybridized carbons (Fsp3) is 0.308. The van der Waals surface area contributed by atoms with Crippen LogP contribution in [0, 0.1) is 0 Å². The second kappa shape index (κ2) is 13.2. The molecule has 0 bridgehead atoms. The van der Waals surface area contributed by atoms with Crippen molar-refractivity contribution in [3.05, 3.63) is 77.5 Å². The van der Waals surface area contributed by atoms with Crippen molar-refractivity contribution in [2.75, 3.05) is 13.3 Å². The molecule has 13 heteroatoms. The third-order valence-corrected chi connectivity index (χ3v) is 5.92. The van der Waals surface area contributed by atoms with Crippen LogP contribution in [0.5, 0.6) is 0 Å². The van der Waals surface area contributed by atoms with E-state index < -0.39 is 47.8 Å². The number of alkyl halides is 3. The molecule has 0 unspecified atom stereocenters. The number of ketones is 1. The lowest BCUT2D eigenvalue weighted by atomic mass is 9.96. The first-order valence-electron chi connectivity index (χ1n) is 12.0. The van der Waals surface area contributed by atoms with Gasteiger partial charge in [-0.2, -0.15) is 18.2 Å². The lowest BCUT2D eigenvalue weighted by Gasteiger charge is -2.22. The van der Waals surface area contributed by atoms with E-state index >= 15 is 0 Å². The number of nitrogens with zero attached hydrogens (tertiary/aromatic N) is 2. The van der Waals surface area contributed by atoms with E-state index in [1.165, 1.54) is 17.1 Å². The van der Waals surface area contributed by atoms with Crippen LogP contribution in [0.25, 0.3) is 10.9 Å². The van der Waals surface area contributed by atoms with Gasteiger partial charge in [-0.1, -0.05) is 30.3 Å². The van der Waals surface area contributed by atoms with E-state index in [2.05, 4.69) is 15.7 Å². The third kappa shape index (κ3) is 8.55. The van der Waals surface area contributed by atoms with E-state index in [1.54, 1.807) is 12.3 Å². The number of amides is 2. The standard InChI is InChI=1S/C26H30F3N7O3/c27-26(28,29)19-7-5-16(6-8-19)10-22(34-25(39)20(32)12-24(38)35-36(14-30)15-31)23(37)11-17-9-18-3-1-2-4-21(18)33-13-17/h1-9,13,20,22H,10-12,14-15,30-32H2,(H,34,39)(H,35,38)/t20-,22-/m0/s1. The Morgan fingerprint density at radius 2 is 1.64 bits per heavy atom. The molecular weight excluding hydrogens is 515 g/mol. The van der Waals surface area contributed by atoms with Crippen molar-refractivity contribution >= 4 is 28.5 Å². The summed E-state index contributed by atoms with van der Waals surface area (Å²) in [5.41, 5.74) is 20.1. The molecule has 0 fully saturated rings. The molecule has 0 aliphatic rings. The molecule has 8 N–H and O–H groups in total. The fourth-order valence-electron chi connectivity index (χ4n) is 3.81. The maximum atomic E-state index is 13.3. The quantitative estimate of drug-likeness (QED) is 0.166. The van der Waals surface area contributed by atoms with Gasteiger partial charge in [-0.15, -0.1) is 0 Å². The van der Waals surface area contributed by atoms with Crippen molar-refractivity contribution in [2.24, 2.45) is 17.2 Å². The van der Waals surface area contributed by atoms with Crippen molar-refractivity contribution in [3.8, 4) is 0 Å². The van der Waals surface area contributed by atoms with Gasteiger partial charge in [-0.3, -0.25) is 24.8 Å². The highest BCUT2D eigenvalue weighted by atomic mass is 19.4. The summed E-state index contributed by atoms with van der Waals surface area (Å²) in [6.07, 6.45) is -3.56. The van der Waals surface area contributed by atoms with Crippen molar-refractivity contribution in [3.63, 3.8) is 0 Å². The molecule has 2 atom stereocenters. The average Bonchev–Trinajstić information content (AvgIpc) is 2.90. The highest BCUT2D eigenvalue weighted by Crippen LogP contribution is 2.29. The monoisotopic (exact) mass is 545 g/mol. The number of nitrogens with two attached hydrogens (primary N) is 3. The molecule has 1 heterocycles. The van der Waals surface area contributed by atoms with Crippen LogP contribution in [-0.2, 0) is 33.4 Å². The van der Waals surface area contributed by atoms with Crippen LogP contribution in [0.2, 0.25) is 0 Å². The van der Waals surface area contributed by atoms with E-state index in [4.69, 9.17) is 17.2 Å². The lowest BCUT2D eigenvalue weighted by Crippen LogP contribution is -2.53. The molecule has 0 aliphatic heterocycles. The molecule has 3 rings (SSSR count). The van der Waals surface area contributed by atoms with Gasteiger partial charge in [0.15, 0.2) is 5.78 Å². The first-order chi connectivity index (χ1) is 18.5. The number of Topliss-reactive ketones (excluding diaryl/α,β-unsaturated/α-hetero) is 1. The summed E-state index contributed by atoms with van der Waals surface area (Å²) in [5.74, 6) is -1.80. The summed E-state index contributed by atoms with van der Waals surface area (Å²) in [7, 11) is 0. The molecule has 208 valence electrons. The van der Waals surface area contributed by atoms with Gasteiger partial charge < -0.3 is 22.5 Å². The Morgan fingerprint density at radius 3 is 2.28 bits per heavy atom. The number of hydrogen-bond acceptors (Lipinski definition) is 8. The molecule has 0 saturated heterocycles. The van der Waals surface area contributed by atoms with Gasteiger partial charge in [0.1, 0.15) is 0 Å². The number of carbonyl (C=O) groups excluding carboxylic acids is 3. The van der Waals surface area contributed by atoms with Gasteiger partial charge in [-0.25, -0.2) is 0 Å². The summed E-state index contributed by atoms with van der Waals surface area (Å²) >= 11 is 0. The number of hydrogen-bond donors (Lipinski definition) is 5. The fourth-order valence-corrected chi connectivity index (χ4v) is 3.81. The Labute approximate surface area is 222 Å². The normalized spacial score (nSPS) is 13.2. The highest BCUT2D eigenvalue weighted by Gasteiger charge is 2.30. The number of rotatable bonds is 12. The minimum atomic E-state index is -4.51. The molecule has 2 aromatic carbocycles. The first-order valence-corrected chi connectivity index (χ1v) is 12.0. The molecule has 2 amide bonds. The Kier molecular flexibility index (Phi) is 10.1. The van der Waals surface area contributed by atoms with Crippen LogP contribution >= 0.6 is 0 Å². The molecule has 3 aromatic rings. The Morgan fingerprint density at radius 1 is 0.974 bits per heavy atom. The van der Waals surface area contributed by atoms with Gasteiger partial charge in [0.2, 0.25) is 11.8 Å². The van der Waals surface area contributed by atoms with Crippen molar-refractivity contribution in [2.45, 2.75) is 37.5 Å². The molecule has 0 spiro atoms. The molecule has 39 heavy (non-hydrogen) atoms. The van der Waals surface area contributed by atoms with Gasteiger partial charge in [-0.05, 0) is 41.8 Å². The molecule has 1 aromatic heterocycles. The Balaban J connectivity index is 1.76. The summed E-state index contributed by atoms with van der Waals surface area (Å²) in [4.78, 5) is 42.6. The van der Waals surface area contributed by atoms with Gasteiger partial charge in [0.25, 0.3) is 0 Å². The summed E-state index contributed by atoms with van der Waals surface area (Å²) in [6, 6.07) is 11.0. The zero-order chi connectivity index (χ0) is 28.6. The second-order valence-electron chi connectivity index (χ2n) is 8.89. The number of para-hydroxylation sites is 1. The maximum absolute atomic E-state index is 13.3.